The third kappa shape index (κ3) is 5.96. The predicted octanol–water partition coefficient (Wildman–Crippen LogP) is -2.44. The summed E-state index contributed by atoms with van der Waals surface area (Å²) in [7, 11) is 0. The number of halogens is 3. The Morgan fingerprint density at radius 3 is 1.97 bits per heavy atom. The van der Waals surface area contributed by atoms with Gasteiger partial charge in [0.05, 0.1) is 0 Å². The van der Waals surface area contributed by atoms with Crippen molar-refractivity contribution in [2.45, 2.75) is 39.5 Å². The van der Waals surface area contributed by atoms with E-state index >= 15 is 0 Å². The molecule has 2 unspecified atom stereocenters. The number of allylic oxidation sites excluding steroid dienone is 4. The zero-order chi connectivity index (χ0) is 17.4. The minimum Gasteiger partial charge on any atom is -1.00 e. The molecule has 0 nitrogen and oxygen atoms in total. The van der Waals surface area contributed by atoms with E-state index in [9.17, 15) is 0 Å². The van der Waals surface area contributed by atoms with Crippen molar-refractivity contribution in [3.63, 3.8) is 0 Å². The normalized spacial score (nSPS) is 19.2. The quantitative estimate of drug-likeness (QED) is 0.338. The molecular weight excluding hydrogens is 455 g/mol. The van der Waals surface area contributed by atoms with Crippen molar-refractivity contribution < 1.29 is 58.9 Å². The fourth-order valence-electron chi connectivity index (χ4n) is 4.77. The minimum atomic E-state index is 0. The van der Waals surface area contributed by atoms with Gasteiger partial charge in [0, 0.05) is 0 Å². The van der Waals surface area contributed by atoms with Gasteiger partial charge in [0.15, 0.2) is 0 Å². The van der Waals surface area contributed by atoms with Crippen LogP contribution in [0.3, 0.4) is 0 Å². The zero-order valence-electron chi connectivity index (χ0n) is 17.1. The molecule has 4 rings (SSSR count). The van der Waals surface area contributed by atoms with Gasteiger partial charge in [-0.25, -0.2) is 11.6 Å². The molecule has 152 valence electrons. The average molecular weight is 482 g/mol. The SMILES string of the molecule is Cc1cccc(C(c2cccc(C)c2)[C-]2C3=CC=CCC3CC2C)c1.[Cl-].[Cl-].[Cl-].[Ti+4]. The Hall–Kier alpha value is -0.626. The van der Waals surface area contributed by atoms with Gasteiger partial charge in [0.2, 0.25) is 0 Å². The summed E-state index contributed by atoms with van der Waals surface area (Å²) < 4.78 is 0. The molecule has 0 heterocycles. The van der Waals surface area contributed by atoms with E-state index in [1.807, 2.05) is 0 Å². The maximum Gasteiger partial charge on any atom is 4.00 e. The third-order valence-corrected chi connectivity index (χ3v) is 5.84. The zero-order valence-corrected chi connectivity index (χ0v) is 21.0. The fourth-order valence-corrected chi connectivity index (χ4v) is 4.77. The van der Waals surface area contributed by atoms with Gasteiger partial charge in [-0.3, -0.25) is 0 Å². The molecule has 0 spiro atoms. The van der Waals surface area contributed by atoms with Crippen molar-refractivity contribution in [1.29, 1.82) is 0 Å². The van der Waals surface area contributed by atoms with Crippen LogP contribution >= 0.6 is 0 Å². The van der Waals surface area contributed by atoms with Gasteiger partial charge in [-0.05, 0) is 32.1 Å². The van der Waals surface area contributed by atoms with Crippen molar-refractivity contribution in [3.8, 4) is 0 Å². The van der Waals surface area contributed by atoms with Gasteiger partial charge in [-0.1, -0.05) is 90.0 Å². The number of aryl methyl sites for hydroxylation is 2. The van der Waals surface area contributed by atoms with E-state index in [1.54, 1.807) is 11.5 Å². The molecule has 29 heavy (non-hydrogen) atoms. The van der Waals surface area contributed by atoms with Gasteiger partial charge in [-0.2, -0.15) is 5.92 Å². The summed E-state index contributed by atoms with van der Waals surface area (Å²) in [6.07, 6.45) is 9.46. The van der Waals surface area contributed by atoms with Crippen molar-refractivity contribution in [2.24, 2.45) is 11.8 Å². The second-order valence-electron chi connectivity index (χ2n) is 7.84. The average Bonchev–Trinajstić information content (AvgIpc) is 2.92. The molecule has 0 aliphatic heterocycles. The van der Waals surface area contributed by atoms with Crippen molar-refractivity contribution in [3.05, 3.63) is 101 Å². The Labute approximate surface area is 209 Å². The number of hydrogen-bond acceptors (Lipinski definition) is 0. The van der Waals surface area contributed by atoms with Crippen LogP contribution in [0.4, 0.5) is 0 Å². The number of rotatable bonds is 3. The first-order valence-electron chi connectivity index (χ1n) is 9.50. The van der Waals surface area contributed by atoms with E-state index in [1.165, 1.54) is 35.1 Å². The van der Waals surface area contributed by atoms with E-state index in [2.05, 4.69) is 87.5 Å². The van der Waals surface area contributed by atoms with Crippen LogP contribution in [0.15, 0.2) is 72.3 Å². The van der Waals surface area contributed by atoms with Gasteiger partial charge in [0.25, 0.3) is 0 Å². The smallest absolute Gasteiger partial charge is 1.00 e. The molecule has 1 fully saturated rings. The van der Waals surface area contributed by atoms with Gasteiger partial charge in [0.1, 0.15) is 0 Å². The summed E-state index contributed by atoms with van der Waals surface area (Å²) in [4.78, 5) is 0. The number of hydrogen-bond donors (Lipinski definition) is 0. The summed E-state index contributed by atoms with van der Waals surface area (Å²) >= 11 is 0. The molecule has 4 heteroatoms. The standard InChI is InChI=1S/C25H27.3ClH.Ti/c1-17-8-6-11-21(14-17)25(22-12-7-9-18(2)15-22)24-19(3)16-20-10-4-5-13-23(20)24;;;;/h4-9,11-15,19-20,25H,10,16H2,1-3H3;3*1H;/q-1;;;;+4/p-3. The van der Waals surface area contributed by atoms with Crippen molar-refractivity contribution >= 4 is 0 Å². The molecule has 2 aromatic carbocycles. The Kier molecular flexibility index (Phi) is 12.0. The molecule has 0 radical (unpaired) electrons. The van der Waals surface area contributed by atoms with Gasteiger partial charge in [-0.15, -0.1) is 12.2 Å². The summed E-state index contributed by atoms with van der Waals surface area (Å²) in [5.41, 5.74) is 7.15. The van der Waals surface area contributed by atoms with Crippen LogP contribution < -0.4 is 37.2 Å². The second-order valence-corrected chi connectivity index (χ2v) is 7.84. The molecule has 0 amide bonds. The van der Waals surface area contributed by atoms with Crippen LogP contribution in [0.1, 0.15) is 47.9 Å². The molecule has 2 atom stereocenters. The number of fused-ring (bicyclic) bond motifs is 1. The van der Waals surface area contributed by atoms with Crippen LogP contribution in [0.2, 0.25) is 0 Å². The van der Waals surface area contributed by atoms with Crippen LogP contribution in [0.25, 0.3) is 0 Å². The number of benzene rings is 2. The van der Waals surface area contributed by atoms with Gasteiger partial charge >= 0.3 is 21.7 Å². The second kappa shape index (κ2) is 12.3. The summed E-state index contributed by atoms with van der Waals surface area (Å²) in [5, 5.41) is 0. The summed E-state index contributed by atoms with van der Waals surface area (Å²) in [6, 6.07) is 18.2. The van der Waals surface area contributed by atoms with E-state index in [4.69, 9.17) is 0 Å². The molecule has 0 bridgehead atoms. The Morgan fingerprint density at radius 1 is 0.897 bits per heavy atom. The first-order chi connectivity index (χ1) is 12.1. The molecule has 2 aliphatic rings. The van der Waals surface area contributed by atoms with Crippen LogP contribution in [-0.2, 0) is 21.7 Å². The monoisotopic (exact) mass is 480 g/mol. The first-order valence-corrected chi connectivity index (χ1v) is 9.50. The molecule has 0 saturated heterocycles. The fraction of sp³-hybridized carbons (Fsp3) is 0.320. The van der Waals surface area contributed by atoms with E-state index < -0.39 is 0 Å². The maximum absolute atomic E-state index is 2.42. The molecule has 0 N–H and O–H groups in total. The van der Waals surface area contributed by atoms with Crippen molar-refractivity contribution in [2.75, 3.05) is 0 Å². The third-order valence-electron chi connectivity index (χ3n) is 5.84. The maximum atomic E-state index is 2.42. The van der Waals surface area contributed by atoms with Crippen LogP contribution in [-0.4, -0.2) is 0 Å². The van der Waals surface area contributed by atoms with Crippen LogP contribution in [0.5, 0.6) is 0 Å². The molecule has 0 aromatic heterocycles. The van der Waals surface area contributed by atoms with E-state index in [-0.39, 0.29) is 58.9 Å². The van der Waals surface area contributed by atoms with E-state index in [0.29, 0.717) is 17.8 Å². The predicted molar refractivity (Wildman–Crippen MR) is 107 cm³/mol. The Bertz CT molecular complexity index is 798. The summed E-state index contributed by atoms with van der Waals surface area (Å²) in [6.45, 7) is 6.82. The molecule has 1 saturated carbocycles. The molecular formula is C25H27Cl3Ti. The van der Waals surface area contributed by atoms with E-state index in [0.717, 1.165) is 0 Å². The Morgan fingerprint density at radius 2 is 1.45 bits per heavy atom. The largest absolute Gasteiger partial charge is 4.00 e. The molecule has 2 aromatic rings. The Balaban J connectivity index is 0.00000196. The first kappa shape index (κ1) is 28.4. The topological polar surface area (TPSA) is 0 Å². The minimum absolute atomic E-state index is 0. The molecule has 2 aliphatic carbocycles. The van der Waals surface area contributed by atoms with Gasteiger partial charge < -0.3 is 37.2 Å². The van der Waals surface area contributed by atoms with Crippen molar-refractivity contribution in [1.82, 2.24) is 0 Å². The summed E-state index contributed by atoms with van der Waals surface area (Å²) in [5.74, 6) is 3.37. The van der Waals surface area contributed by atoms with Crippen LogP contribution in [0, 0.1) is 31.6 Å².